The lowest BCUT2D eigenvalue weighted by molar-refractivity contribution is -0.147. The Morgan fingerprint density at radius 2 is 2.00 bits per heavy atom. The maximum absolute atomic E-state index is 12.5. The highest BCUT2D eigenvalue weighted by Gasteiger charge is 2.36. The number of carbonyl (C=O) groups excluding carboxylic acids is 3. The van der Waals surface area contributed by atoms with Crippen LogP contribution in [0.5, 0.6) is 0 Å². The molecule has 0 spiro atoms. The van der Waals surface area contributed by atoms with Crippen molar-refractivity contribution in [2.75, 3.05) is 30.3 Å². The Bertz CT molecular complexity index is 940. The molecule has 8 nitrogen and oxygen atoms in total. The minimum absolute atomic E-state index is 0.0175. The highest BCUT2D eigenvalue weighted by atomic mass is 32.2. The summed E-state index contributed by atoms with van der Waals surface area (Å²) in [4.78, 5) is 38.3. The lowest BCUT2D eigenvalue weighted by Gasteiger charge is -2.29. The number of rotatable bonds is 6. The van der Waals surface area contributed by atoms with Crippen LogP contribution in [0.2, 0.25) is 0 Å². The summed E-state index contributed by atoms with van der Waals surface area (Å²) in [6.07, 6.45) is 2.62. The Morgan fingerprint density at radius 3 is 2.62 bits per heavy atom. The third kappa shape index (κ3) is 4.60. The topological polar surface area (TPSA) is 101 Å². The van der Waals surface area contributed by atoms with Crippen molar-refractivity contribution in [3.8, 4) is 0 Å². The van der Waals surface area contributed by atoms with Crippen LogP contribution in [0.3, 0.4) is 0 Å². The predicted octanol–water partition coefficient (Wildman–Crippen LogP) is 1.38. The summed E-state index contributed by atoms with van der Waals surface area (Å²) in [6, 6.07) is 4.87. The van der Waals surface area contributed by atoms with E-state index in [1.165, 1.54) is 4.31 Å². The van der Waals surface area contributed by atoms with E-state index in [0.717, 1.165) is 11.8 Å². The van der Waals surface area contributed by atoms with E-state index in [1.54, 1.807) is 23.1 Å². The summed E-state index contributed by atoms with van der Waals surface area (Å²) in [5.74, 6) is -1.54. The van der Waals surface area contributed by atoms with E-state index in [4.69, 9.17) is 4.74 Å². The standard InChI is InChI=1S/C20H26N2O6S/c1-13(2)21-11-16(10-19(21)24)20(25)28-12-18(23)15-6-7-17-14(9-15)5-4-8-22(17)29(3,26)27/h6-7,9,13,16H,4-5,8,10-12H2,1-3H3. The number of fused-ring (bicyclic) bond motifs is 1. The van der Waals surface area contributed by atoms with Gasteiger partial charge in [-0.15, -0.1) is 0 Å². The minimum Gasteiger partial charge on any atom is -0.457 e. The van der Waals surface area contributed by atoms with E-state index in [-0.39, 0.29) is 24.2 Å². The Kier molecular flexibility index (Phi) is 5.97. The number of nitrogens with zero attached hydrogens (tertiary/aromatic N) is 2. The smallest absolute Gasteiger partial charge is 0.311 e. The molecule has 0 aliphatic carbocycles. The van der Waals surface area contributed by atoms with Gasteiger partial charge < -0.3 is 9.64 Å². The van der Waals surface area contributed by atoms with Gasteiger partial charge in [0.1, 0.15) is 0 Å². The van der Waals surface area contributed by atoms with Gasteiger partial charge in [0.25, 0.3) is 0 Å². The molecule has 2 heterocycles. The van der Waals surface area contributed by atoms with Crippen LogP contribution >= 0.6 is 0 Å². The Morgan fingerprint density at radius 1 is 1.28 bits per heavy atom. The van der Waals surface area contributed by atoms with Gasteiger partial charge in [-0.1, -0.05) is 0 Å². The first-order valence-electron chi connectivity index (χ1n) is 9.68. The van der Waals surface area contributed by atoms with Gasteiger partial charge in [0.05, 0.1) is 17.9 Å². The third-order valence-corrected chi connectivity index (χ3v) is 6.52. The molecule has 2 aliphatic heterocycles. The van der Waals surface area contributed by atoms with Crippen LogP contribution in [0.25, 0.3) is 0 Å². The van der Waals surface area contributed by atoms with Crippen LogP contribution in [-0.4, -0.2) is 63.0 Å². The van der Waals surface area contributed by atoms with Crippen molar-refractivity contribution < 1.29 is 27.5 Å². The summed E-state index contributed by atoms with van der Waals surface area (Å²) < 4.78 is 30.4. The van der Waals surface area contributed by atoms with Crippen LogP contribution in [0.1, 0.15) is 42.6 Å². The lowest BCUT2D eigenvalue weighted by Crippen LogP contribution is -2.34. The van der Waals surface area contributed by atoms with E-state index >= 15 is 0 Å². The molecule has 1 unspecified atom stereocenters. The number of sulfonamides is 1. The van der Waals surface area contributed by atoms with Crippen LogP contribution < -0.4 is 4.31 Å². The largest absolute Gasteiger partial charge is 0.457 e. The molecule has 158 valence electrons. The number of esters is 1. The molecule has 0 saturated carbocycles. The van der Waals surface area contributed by atoms with Gasteiger partial charge in [-0.3, -0.25) is 18.7 Å². The molecule has 1 aromatic carbocycles. The van der Waals surface area contributed by atoms with Gasteiger partial charge in [0.2, 0.25) is 15.9 Å². The van der Waals surface area contributed by atoms with Crippen molar-refractivity contribution in [2.24, 2.45) is 5.92 Å². The van der Waals surface area contributed by atoms with E-state index in [9.17, 15) is 22.8 Å². The molecule has 0 radical (unpaired) electrons. The molecule has 1 atom stereocenters. The maximum Gasteiger partial charge on any atom is 0.311 e. The molecule has 1 fully saturated rings. The molecule has 1 aromatic rings. The first-order chi connectivity index (χ1) is 13.6. The van der Waals surface area contributed by atoms with Crippen molar-refractivity contribution >= 4 is 33.4 Å². The van der Waals surface area contributed by atoms with E-state index < -0.39 is 28.5 Å². The third-order valence-electron chi connectivity index (χ3n) is 5.34. The van der Waals surface area contributed by atoms with Gasteiger partial charge >= 0.3 is 5.97 Å². The van der Waals surface area contributed by atoms with Gasteiger partial charge in [0.15, 0.2) is 12.4 Å². The highest BCUT2D eigenvalue weighted by molar-refractivity contribution is 7.92. The van der Waals surface area contributed by atoms with E-state index in [2.05, 4.69) is 0 Å². The van der Waals surface area contributed by atoms with Gasteiger partial charge in [-0.25, -0.2) is 8.42 Å². The highest BCUT2D eigenvalue weighted by Crippen LogP contribution is 2.30. The number of Topliss-reactive ketones (excluding diaryl/α,β-unsaturated/α-hetero) is 1. The van der Waals surface area contributed by atoms with Crippen molar-refractivity contribution in [1.29, 1.82) is 0 Å². The number of ketones is 1. The van der Waals surface area contributed by atoms with Crippen LogP contribution in [0.4, 0.5) is 5.69 Å². The van der Waals surface area contributed by atoms with Crippen LogP contribution in [0, 0.1) is 5.92 Å². The van der Waals surface area contributed by atoms with Crippen molar-refractivity contribution in [3.63, 3.8) is 0 Å². The molecular formula is C20H26N2O6S. The second-order valence-corrected chi connectivity index (χ2v) is 9.76. The average molecular weight is 423 g/mol. The Hall–Kier alpha value is -2.42. The SMILES string of the molecule is CC(C)N1CC(C(=O)OCC(=O)c2ccc3c(c2)CCCN3S(C)(=O)=O)CC1=O. The molecule has 0 N–H and O–H groups in total. The fourth-order valence-electron chi connectivity index (χ4n) is 3.81. The Balaban J connectivity index is 1.63. The normalized spacial score (nSPS) is 19.4. The summed E-state index contributed by atoms with van der Waals surface area (Å²) in [5.41, 5.74) is 1.75. The molecule has 9 heteroatoms. The fraction of sp³-hybridized carbons (Fsp3) is 0.550. The number of amides is 1. The summed E-state index contributed by atoms with van der Waals surface area (Å²) in [7, 11) is -3.37. The average Bonchev–Trinajstić information content (AvgIpc) is 3.06. The molecule has 1 amide bonds. The van der Waals surface area contributed by atoms with E-state index in [1.807, 2.05) is 13.8 Å². The van der Waals surface area contributed by atoms with Crippen molar-refractivity contribution in [1.82, 2.24) is 4.90 Å². The zero-order chi connectivity index (χ0) is 21.3. The quantitative estimate of drug-likeness (QED) is 0.507. The number of anilines is 1. The first kappa shape index (κ1) is 21.3. The summed E-state index contributed by atoms with van der Waals surface area (Å²) >= 11 is 0. The number of aryl methyl sites for hydroxylation is 1. The summed E-state index contributed by atoms with van der Waals surface area (Å²) in [5, 5.41) is 0. The number of ether oxygens (including phenoxy) is 1. The predicted molar refractivity (Wildman–Crippen MR) is 107 cm³/mol. The van der Waals surface area contributed by atoms with Crippen molar-refractivity contribution in [2.45, 2.75) is 39.2 Å². The van der Waals surface area contributed by atoms with E-state index in [0.29, 0.717) is 37.2 Å². The van der Waals surface area contributed by atoms with Gasteiger partial charge in [-0.05, 0) is 50.5 Å². The number of benzene rings is 1. The fourth-order valence-corrected chi connectivity index (χ4v) is 4.80. The lowest BCUT2D eigenvalue weighted by atomic mass is 9.99. The molecule has 0 bridgehead atoms. The minimum atomic E-state index is -3.37. The Labute approximate surface area is 170 Å². The molecule has 0 aromatic heterocycles. The monoisotopic (exact) mass is 422 g/mol. The number of likely N-dealkylation sites (tertiary alicyclic amines) is 1. The second-order valence-electron chi connectivity index (χ2n) is 7.85. The number of carbonyl (C=O) groups is 3. The summed E-state index contributed by atoms with van der Waals surface area (Å²) in [6.45, 7) is 4.10. The number of hydrogen-bond acceptors (Lipinski definition) is 6. The molecular weight excluding hydrogens is 396 g/mol. The first-order valence-corrected chi connectivity index (χ1v) is 11.5. The van der Waals surface area contributed by atoms with Crippen LogP contribution in [-0.2, 0) is 30.8 Å². The second kappa shape index (κ2) is 8.14. The van der Waals surface area contributed by atoms with Crippen molar-refractivity contribution in [3.05, 3.63) is 29.3 Å². The maximum atomic E-state index is 12.5. The molecule has 3 rings (SSSR count). The van der Waals surface area contributed by atoms with Gasteiger partial charge in [0, 0.05) is 31.1 Å². The zero-order valence-electron chi connectivity index (χ0n) is 16.9. The molecule has 2 aliphatic rings. The molecule has 29 heavy (non-hydrogen) atoms. The molecule has 1 saturated heterocycles. The zero-order valence-corrected chi connectivity index (χ0v) is 17.7. The van der Waals surface area contributed by atoms with Crippen LogP contribution in [0.15, 0.2) is 18.2 Å². The number of hydrogen-bond donors (Lipinski definition) is 0. The van der Waals surface area contributed by atoms with Gasteiger partial charge in [-0.2, -0.15) is 0 Å².